The number of hydrogen-bond donors (Lipinski definition) is 1. The largest absolute Gasteiger partial charge is 0.393 e. The van der Waals surface area contributed by atoms with Crippen molar-refractivity contribution in [2.24, 2.45) is 0 Å². The summed E-state index contributed by atoms with van der Waals surface area (Å²) in [6.07, 6.45) is 1.51. The quantitative estimate of drug-likeness (QED) is 0.870. The van der Waals surface area contributed by atoms with Crippen molar-refractivity contribution in [1.29, 1.82) is 0 Å². The first-order valence-corrected chi connectivity index (χ1v) is 6.33. The van der Waals surface area contributed by atoms with Gasteiger partial charge in [0.05, 0.1) is 12.1 Å². The summed E-state index contributed by atoms with van der Waals surface area (Å²) in [7, 11) is 0. The lowest BCUT2D eigenvalue weighted by molar-refractivity contribution is 0.0564. The van der Waals surface area contributed by atoms with Crippen LogP contribution in [-0.4, -0.2) is 39.3 Å². The molecule has 1 aliphatic heterocycles. The van der Waals surface area contributed by atoms with E-state index in [1.54, 1.807) is 0 Å². The van der Waals surface area contributed by atoms with Crippen molar-refractivity contribution >= 4 is 0 Å². The van der Waals surface area contributed by atoms with Gasteiger partial charge in [-0.15, -0.1) is 0 Å². The van der Waals surface area contributed by atoms with Crippen LogP contribution in [0.1, 0.15) is 57.3 Å². The Kier molecular flexibility index (Phi) is 3.79. The fourth-order valence-corrected chi connectivity index (χ4v) is 2.08. The van der Waals surface area contributed by atoms with Gasteiger partial charge in [-0.1, -0.05) is 19.0 Å². The van der Waals surface area contributed by atoms with E-state index in [0.717, 1.165) is 31.8 Å². The maximum absolute atomic E-state index is 9.48. The fraction of sp³-hybridized carbons (Fsp3) is 0.833. The summed E-state index contributed by atoms with van der Waals surface area (Å²) < 4.78 is 5.30. The molecule has 0 unspecified atom stereocenters. The van der Waals surface area contributed by atoms with E-state index >= 15 is 0 Å². The number of aliphatic hydroxyl groups is 1. The molecule has 1 aliphatic rings. The summed E-state index contributed by atoms with van der Waals surface area (Å²) in [6, 6.07) is 0.141. The van der Waals surface area contributed by atoms with Gasteiger partial charge in [0.25, 0.3) is 0 Å². The number of hydrogen-bond acceptors (Lipinski definition) is 5. The molecular weight excluding hydrogens is 218 g/mol. The van der Waals surface area contributed by atoms with Gasteiger partial charge < -0.3 is 9.63 Å². The predicted octanol–water partition coefficient (Wildman–Crippen LogP) is 1.71. The van der Waals surface area contributed by atoms with Crippen LogP contribution in [0.2, 0.25) is 0 Å². The first-order chi connectivity index (χ1) is 8.08. The Hall–Kier alpha value is -0.940. The number of piperidine rings is 1. The van der Waals surface area contributed by atoms with Crippen molar-refractivity contribution < 1.29 is 9.63 Å². The molecule has 1 saturated heterocycles. The topological polar surface area (TPSA) is 62.4 Å². The smallest absolute Gasteiger partial charge is 0.243 e. The lowest BCUT2D eigenvalue weighted by Crippen LogP contribution is -2.37. The number of aromatic nitrogens is 2. The third kappa shape index (κ3) is 2.84. The second-order valence-corrected chi connectivity index (χ2v) is 5.09. The SMILES string of the molecule is CC(C)c1noc([C@@H](C)N2CCC(O)CC2)n1. The Morgan fingerprint density at radius 3 is 2.47 bits per heavy atom. The molecule has 0 radical (unpaired) electrons. The molecule has 1 aromatic rings. The van der Waals surface area contributed by atoms with Gasteiger partial charge >= 0.3 is 0 Å². The van der Waals surface area contributed by atoms with Crippen molar-refractivity contribution in [2.75, 3.05) is 13.1 Å². The highest BCUT2D eigenvalue weighted by Gasteiger charge is 2.26. The Morgan fingerprint density at radius 2 is 1.94 bits per heavy atom. The molecule has 2 heterocycles. The van der Waals surface area contributed by atoms with Gasteiger partial charge in [-0.2, -0.15) is 4.98 Å². The second-order valence-electron chi connectivity index (χ2n) is 5.09. The molecule has 0 amide bonds. The van der Waals surface area contributed by atoms with E-state index < -0.39 is 0 Å². The van der Waals surface area contributed by atoms with Gasteiger partial charge in [0.15, 0.2) is 5.82 Å². The van der Waals surface area contributed by atoms with Crippen LogP contribution in [-0.2, 0) is 0 Å². The van der Waals surface area contributed by atoms with Crippen molar-refractivity contribution in [2.45, 2.75) is 51.7 Å². The average molecular weight is 239 g/mol. The lowest BCUT2D eigenvalue weighted by Gasteiger charge is -2.32. The number of likely N-dealkylation sites (tertiary alicyclic amines) is 1. The molecule has 1 atom stereocenters. The third-order valence-electron chi connectivity index (χ3n) is 3.38. The van der Waals surface area contributed by atoms with E-state index in [4.69, 9.17) is 4.52 Å². The van der Waals surface area contributed by atoms with Crippen LogP contribution in [0.15, 0.2) is 4.52 Å². The van der Waals surface area contributed by atoms with Gasteiger partial charge in [-0.3, -0.25) is 4.90 Å². The van der Waals surface area contributed by atoms with E-state index in [2.05, 4.69) is 35.8 Å². The first kappa shape index (κ1) is 12.5. The maximum Gasteiger partial charge on any atom is 0.243 e. The van der Waals surface area contributed by atoms with Crippen molar-refractivity contribution in [3.05, 3.63) is 11.7 Å². The van der Waals surface area contributed by atoms with Gasteiger partial charge in [-0.25, -0.2) is 0 Å². The molecule has 1 aromatic heterocycles. The molecule has 1 N–H and O–H groups in total. The number of aliphatic hydroxyl groups excluding tert-OH is 1. The lowest BCUT2D eigenvalue weighted by atomic mass is 10.1. The average Bonchev–Trinajstić information content (AvgIpc) is 2.78. The monoisotopic (exact) mass is 239 g/mol. The van der Waals surface area contributed by atoms with Crippen molar-refractivity contribution in [1.82, 2.24) is 15.0 Å². The Bertz CT molecular complexity index is 356. The molecule has 1 fully saturated rings. The summed E-state index contributed by atoms with van der Waals surface area (Å²) in [5.74, 6) is 1.75. The maximum atomic E-state index is 9.48. The highest BCUT2D eigenvalue weighted by atomic mass is 16.5. The molecule has 96 valence electrons. The molecule has 17 heavy (non-hydrogen) atoms. The summed E-state index contributed by atoms with van der Waals surface area (Å²) in [5.41, 5.74) is 0. The highest BCUT2D eigenvalue weighted by Crippen LogP contribution is 2.24. The molecule has 5 nitrogen and oxygen atoms in total. The van der Waals surface area contributed by atoms with Crippen LogP contribution in [0.4, 0.5) is 0 Å². The Labute approximate surface area is 102 Å². The van der Waals surface area contributed by atoms with Crippen LogP contribution in [0.25, 0.3) is 0 Å². The zero-order chi connectivity index (χ0) is 12.4. The van der Waals surface area contributed by atoms with Crippen LogP contribution in [0.5, 0.6) is 0 Å². The van der Waals surface area contributed by atoms with Gasteiger partial charge in [0.1, 0.15) is 0 Å². The van der Waals surface area contributed by atoms with E-state index in [0.29, 0.717) is 11.8 Å². The zero-order valence-electron chi connectivity index (χ0n) is 10.8. The Balaban J connectivity index is 2.01. The molecular formula is C12H21N3O2. The van der Waals surface area contributed by atoms with Gasteiger partial charge in [0, 0.05) is 19.0 Å². The van der Waals surface area contributed by atoms with Crippen LogP contribution in [0, 0.1) is 0 Å². The predicted molar refractivity (Wildman–Crippen MR) is 63.6 cm³/mol. The van der Waals surface area contributed by atoms with Crippen LogP contribution in [0.3, 0.4) is 0 Å². The molecule has 0 bridgehead atoms. The summed E-state index contributed by atoms with van der Waals surface area (Å²) in [5, 5.41) is 13.5. The minimum atomic E-state index is -0.146. The summed E-state index contributed by atoms with van der Waals surface area (Å²) in [4.78, 5) is 6.70. The van der Waals surface area contributed by atoms with E-state index in [9.17, 15) is 5.11 Å². The van der Waals surface area contributed by atoms with Gasteiger partial charge in [-0.05, 0) is 19.8 Å². The standard InChI is InChI=1S/C12H21N3O2/c1-8(2)11-13-12(17-14-11)9(3)15-6-4-10(16)5-7-15/h8-10,16H,4-7H2,1-3H3/t9-/m1/s1. The molecule has 0 aliphatic carbocycles. The first-order valence-electron chi connectivity index (χ1n) is 6.33. The van der Waals surface area contributed by atoms with Crippen molar-refractivity contribution in [3.63, 3.8) is 0 Å². The zero-order valence-corrected chi connectivity index (χ0v) is 10.8. The minimum Gasteiger partial charge on any atom is -0.393 e. The number of nitrogens with zero attached hydrogens (tertiary/aromatic N) is 3. The van der Waals surface area contributed by atoms with Crippen LogP contribution < -0.4 is 0 Å². The third-order valence-corrected chi connectivity index (χ3v) is 3.38. The molecule has 0 saturated carbocycles. The second kappa shape index (κ2) is 5.14. The van der Waals surface area contributed by atoms with Crippen molar-refractivity contribution in [3.8, 4) is 0 Å². The molecule has 5 heteroatoms. The summed E-state index contributed by atoms with van der Waals surface area (Å²) >= 11 is 0. The fourth-order valence-electron chi connectivity index (χ4n) is 2.08. The molecule has 0 spiro atoms. The normalized spacial score (nSPS) is 21.0. The highest BCUT2D eigenvalue weighted by molar-refractivity contribution is 4.96. The van der Waals surface area contributed by atoms with Crippen LogP contribution >= 0.6 is 0 Å². The van der Waals surface area contributed by atoms with Gasteiger partial charge in [0.2, 0.25) is 5.89 Å². The molecule has 0 aromatic carbocycles. The Morgan fingerprint density at radius 1 is 1.29 bits per heavy atom. The van der Waals surface area contributed by atoms with E-state index in [1.165, 1.54) is 0 Å². The molecule has 2 rings (SSSR count). The van der Waals surface area contributed by atoms with E-state index in [-0.39, 0.29) is 12.1 Å². The minimum absolute atomic E-state index is 0.141. The number of rotatable bonds is 3. The summed E-state index contributed by atoms with van der Waals surface area (Å²) in [6.45, 7) is 7.96. The van der Waals surface area contributed by atoms with E-state index in [1.807, 2.05) is 0 Å².